The summed E-state index contributed by atoms with van der Waals surface area (Å²) in [5.74, 6) is 0.750. The van der Waals surface area contributed by atoms with Crippen molar-refractivity contribution in [3.8, 4) is 11.4 Å². The van der Waals surface area contributed by atoms with Gasteiger partial charge in [-0.2, -0.15) is 5.10 Å². The van der Waals surface area contributed by atoms with Gasteiger partial charge in [-0.05, 0) is 91.4 Å². The van der Waals surface area contributed by atoms with Gasteiger partial charge in [0, 0.05) is 16.1 Å². The van der Waals surface area contributed by atoms with Crippen molar-refractivity contribution in [1.82, 2.24) is 20.0 Å². The third-order valence-corrected chi connectivity index (χ3v) is 6.71. The number of pyridine rings is 1. The lowest BCUT2D eigenvalue weighted by molar-refractivity contribution is 0.301. The van der Waals surface area contributed by atoms with Gasteiger partial charge in [0.2, 0.25) is 0 Å². The minimum absolute atomic E-state index is 0.322. The molecule has 0 saturated heterocycles. The van der Waals surface area contributed by atoms with Gasteiger partial charge in [-0.25, -0.2) is 4.68 Å². The van der Waals surface area contributed by atoms with Crippen LogP contribution in [0.2, 0.25) is 5.02 Å². The second-order valence-corrected chi connectivity index (χ2v) is 9.43. The predicted octanol–water partition coefficient (Wildman–Crippen LogP) is 6.37. The van der Waals surface area contributed by atoms with E-state index in [4.69, 9.17) is 21.3 Å². The smallest absolute Gasteiger partial charge is 0.134 e. The summed E-state index contributed by atoms with van der Waals surface area (Å²) in [5.41, 5.74) is 10.5. The van der Waals surface area contributed by atoms with Crippen LogP contribution in [0.5, 0.6) is 5.75 Å². The van der Waals surface area contributed by atoms with Gasteiger partial charge in [-0.1, -0.05) is 35.0 Å². The van der Waals surface area contributed by atoms with Crippen molar-refractivity contribution in [2.75, 3.05) is 5.43 Å². The van der Waals surface area contributed by atoms with E-state index in [0.717, 1.165) is 52.1 Å². The first-order chi connectivity index (χ1) is 18.2. The molecular formula is C29H25ClN6O. The van der Waals surface area contributed by atoms with E-state index in [0.29, 0.717) is 11.6 Å². The molecule has 0 bridgehead atoms. The first-order valence-electron chi connectivity index (χ1n) is 12.3. The van der Waals surface area contributed by atoms with Gasteiger partial charge in [0.15, 0.2) is 0 Å². The summed E-state index contributed by atoms with van der Waals surface area (Å²) < 4.78 is 7.59. The van der Waals surface area contributed by atoms with Crippen LogP contribution in [-0.4, -0.2) is 26.2 Å². The summed E-state index contributed by atoms with van der Waals surface area (Å²) in [7, 11) is 0. The van der Waals surface area contributed by atoms with Crippen LogP contribution in [0.1, 0.15) is 35.4 Å². The molecule has 0 spiro atoms. The van der Waals surface area contributed by atoms with E-state index in [1.54, 1.807) is 4.68 Å². The lowest BCUT2D eigenvalue weighted by atomic mass is 9.93. The first kappa shape index (κ1) is 23.2. The van der Waals surface area contributed by atoms with Crippen molar-refractivity contribution in [2.24, 2.45) is 5.10 Å². The topological polar surface area (TPSA) is 77.2 Å². The zero-order valence-corrected chi connectivity index (χ0v) is 20.9. The number of hydrogen-bond acceptors (Lipinski definition) is 6. The molecule has 37 heavy (non-hydrogen) atoms. The number of anilines is 1. The number of fused-ring (bicyclic) bond motifs is 2. The van der Waals surface area contributed by atoms with E-state index in [-0.39, 0.29) is 0 Å². The summed E-state index contributed by atoms with van der Waals surface area (Å²) in [4.78, 5) is 4.89. The van der Waals surface area contributed by atoms with Gasteiger partial charge in [0.05, 0.1) is 29.3 Å². The van der Waals surface area contributed by atoms with Crippen LogP contribution in [0.3, 0.4) is 0 Å². The Kier molecular flexibility index (Phi) is 6.52. The highest BCUT2D eigenvalue weighted by molar-refractivity contribution is 6.30. The van der Waals surface area contributed by atoms with Crippen molar-refractivity contribution >= 4 is 34.4 Å². The molecule has 0 radical (unpaired) electrons. The second-order valence-electron chi connectivity index (χ2n) is 8.99. The third kappa shape index (κ3) is 5.17. The van der Waals surface area contributed by atoms with Gasteiger partial charge in [-0.3, -0.25) is 10.4 Å². The molecule has 0 saturated carbocycles. The molecule has 0 unspecified atom stereocenters. The fourth-order valence-electron chi connectivity index (χ4n) is 4.56. The van der Waals surface area contributed by atoms with Gasteiger partial charge in [-0.15, -0.1) is 5.10 Å². The van der Waals surface area contributed by atoms with E-state index in [2.05, 4.69) is 33.0 Å². The largest absolute Gasteiger partial charge is 0.487 e. The second kappa shape index (κ2) is 10.4. The van der Waals surface area contributed by atoms with E-state index < -0.39 is 0 Å². The molecule has 6 rings (SSSR count). The van der Waals surface area contributed by atoms with E-state index in [1.165, 1.54) is 24.1 Å². The minimum atomic E-state index is 0.322. The molecule has 8 heteroatoms. The Bertz CT molecular complexity index is 1560. The average Bonchev–Trinajstić information content (AvgIpc) is 3.42. The Balaban J connectivity index is 1.10. The molecule has 0 atom stereocenters. The maximum atomic E-state index is 5.96. The SMILES string of the molecule is Clc1ccc(-n2cc(COc3ccc(/C=N/Nc4c5c(nc6ccccc46)CCCC5)cc3)nn2)cc1. The van der Waals surface area contributed by atoms with E-state index >= 15 is 0 Å². The molecule has 0 aliphatic heterocycles. The lowest BCUT2D eigenvalue weighted by Gasteiger charge is -2.20. The fourth-order valence-corrected chi connectivity index (χ4v) is 4.69. The average molecular weight is 509 g/mol. The molecule has 3 aromatic carbocycles. The molecule has 184 valence electrons. The Morgan fingerprint density at radius 1 is 0.973 bits per heavy atom. The minimum Gasteiger partial charge on any atom is -0.487 e. The number of nitrogens with one attached hydrogen (secondary N) is 1. The normalized spacial score (nSPS) is 13.1. The molecule has 5 aromatic rings. The fraction of sp³-hybridized carbons (Fsp3) is 0.172. The van der Waals surface area contributed by atoms with Gasteiger partial charge in [0.25, 0.3) is 0 Å². The standard InChI is InChI=1S/C29H25ClN6O/c30-21-11-13-23(14-12-21)36-18-22(33-35-36)19-37-24-15-9-20(10-16-24)17-31-34-29-25-5-1-3-7-27(25)32-28-8-4-2-6-26(28)29/h1,3,5,7,9-18H,2,4,6,8,19H2,(H,32,34)/b31-17+. The highest BCUT2D eigenvalue weighted by Gasteiger charge is 2.17. The van der Waals surface area contributed by atoms with Crippen molar-refractivity contribution in [1.29, 1.82) is 0 Å². The summed E-state index contributed by atoms with van der Waals surface area (Å²) >= 11 is 5.96. The van der Waals surface area contributed by atoms with Crippen molar-refractivity contribution in [3.05, 3.63) is 107 Å². The van der Waals surface area contributed by atoms with Crippen molar-refractivity contribution in [2.45, 2.75) is 32.3 Å². The predicted molar refractivity (Wildman–Crippen MR) is 147 cm³/mol. The van der Waals surface area contributed by atoms with Crippen LogP contribution in [0, 0.1) is 0 Å². The number of benzene rings is 3. The number of aromatic nitrogens is 4. The zero-order valence-electron chi connectivity index (χ0n) is 20.1. The summed E-state index contributed by atoms with van der Waals surface area (Å²) in [6, 6.07) is 23.5. The number of aryl methyl sites for hydroxylation is 1. The van der Waals surface area contributed by atoms with Gasteiger partial charge >= 0.3 is 0 Å². The quantitative estimate of drug-likeness (QED) is 0.204. The Labute approximate surface area is 219 Å². The first-order valence-corrected chi connectivity index (χ1v) is 12.7. The zero-order chi connectivity index (χ0) is 25.0. The lowest BCUT2D eigenvalue weighted by Crippen LogP contribution is -2.09. The molecule has 0 amide bonds. The van der Waals surface area contributed by atoms with Gasteiger partial charge < -0.3 is 4.74 Å². The number of rotatable bonds is 7. The maximum Gasteiger partial charge on any atom is 0.134 e. The van der Waals surface area contributed by atoms with Gasteiger partial charge in [0.1, 0.15) is 18.1 Å². The molecule has 7 nitrogen and oxygen atoms in total. The summed E-state index contributed by atoms with van der Waals surface area (Å²) in [6.07, 6.45) is 8.10. The number of hydrogen-bond donors (Lipinski definition) is 1. The van der Waals surface area contributed by atoms with Crippen molar-refractivity contribution < 1.29 is 4.74 Å². The Morgan fingerprint density at radius 2 is 1.78 bits per heavy atom. The molecule has 2 heterocycles. The van der Waals surface area contributed by atoms with Crippen LogP contribution in [0.15, 0.2) is 84.1 Å². The molecule has 1 aliphatic carbocycles. The van der Waals surface area contributed by atoms with E-state index in [9.17, 15) is 0 Å². The molecule has 0 fully saturated rings. The molecule has 2 aromatic heterocycles. The van der Waals surface area contributed by atoms with Crippen LogP contribution in [0.4, 0.5) is 5.69 Å². The number of halogens is 1. The third-order valence-electron chi connectivity index (χ3n) is 6.46. The van der Waals surface area contributed by atoms with Crippen LogP contribution in [0.25, 0.3) is 16.6 Å². The molecule has 1 N–H and O–H groups in total. The number of ether oxygens (including phenoxy) is 1. The van der Waals surface area contributed by atoms with E-state index in [1.807, 2.05) is 73.1 Å². The number of para-hydroxylation sites is 1. The number of hydrazone groups is 1. The Hall–Kier alpha value is -4.23. The van der Waals surface area contributed by atoms with Crippen molar-refractivity contribution in [3.63, 3.8) is 0 Å². The monoisotopic (exact) mass is 508 g/mol. The maximum absolute atomic E-state index is 5.96. The molecule has 1 aliphatic rings. The summed E-state index contributed by atoms with van der Waals surface area (Å²) in [6.45, 7) is 0.322. The summed E-state index contributed by atoms with van der Waals surface area (Å²) in [5, 5.41) is 14.7. The van der Waals surface area contributed by atoms with Crippen LogP contribution < -0.4 is 10.2 Å². The van der Waals surface area contributed by atoms with Crippen LogP contribution in [-0.2, 0) is 19.4 Å². The Morgan fingerprint density at radius 3 is 2.65 bits per heavy atom. The number of nitrogens with zero attached hydrogens (tertiary/aromatic N) is 5. The highest BCUT2D eigenvalue weighted by Crippen LogP contribution is 2.33. The van der Waals surface area contributed by atoms with Crippen LogP contribution >= 0.6 is 11.6 Å². The molecular weight excluding hydrogens is 484 g/mol. The highest BCUT2D eigenvalue weighted by atomic mass is 35.5.